The number of piperidine rings is 1. The predicted octanol–water partition coefficient (Wildman–Crippen LogP) is 4.03. The molecular weight excluding hydrogens is 374 g/mol. The van der Waals surface area contributed by atoms with Crippen LogP contribution in [0.5, 0.6) is 0 Å². The van der Waals surface area contributed by atoms with Crippen molar-refractivity contribution in [2.24, 2.45) is 5.92 Å². The summed E-state index contributed by atoms with van der Waals surface area (Å²) in [7, 11) is 0. The molecule has 1 amide bonds. The van der Waals surface area contributed by atoms with E-state index in [1.807, 2.05) is 32.0 Å². The quantitative estimate of drug-likeness (QED) is 0.534. The fourth-order valence-electron chi connectivity index (χ4n) is 3.59. The lowest BCUT2D eigenvalue weighted by atomic mass is 9.95. The normalized spacial score (nSPS) is 16.0. The lowest BCUT2D eigenvalue weighted by Crippen LogP contribution is -2.40. The molecule has 5 nitrogen and oxygen atoms in total. The minimum atomic E-state index is 0.104. The van der Waals surface area contributed by atoms with E-state index >= 15 is 0 Å². The molecule has 28 heavy (non-hydrogen) atoms. The van der Waals surface area contributed by atoms with Crippen LogP contribution >= 0.6 is 11.6 Å². The lowest BCUT2D eigenvalue weighted by molar-refractivity contribution is -0.126. The summed E-state index contributed by atoms with van der Waals surface area (Å²) in [6.45, 7) is 8.00. The van der Waals surface area contributed by atoms with Crippen LogP contribution in [0.1, 0.15) is 38.7 Å². The van der Waals surface area contributed by atoms with Crippen molar-refractivity contribution < 1.29 is 9.53 Å². The van der Waals surface area contributed by atoms with Crippen molar-refractivity contribution in [1.29, 1.82) is 0 Å². The predicted molar refractivity (Wildman–Crippen MR) is 113 cm³/mol. The van der Waals surface area contributed by atoms with Crippen LogP contribution in [0.25, 0.3) is 10.9 Å². The molecule has 0 spiro atoms. The van der Waals surface area contributed by atoms with E-state index in [-0.39, 0.29) is 17.9 Å². The maximum atomic E-state index is 12.4. The number of likely N-dealkylation sites (tertiary alicyclic amines) is 1. The fourth-order valence-corrected chi connectivity index (χ4v) is 3.79. The maximum Gasteiger partial charge on any atom is 0.223 e. The highest BCUT2D eigenvalue weighted by Crippen LogP contribution is 2.24. The number of carbonyl (C=O) groups is 1. The van der Waals surface area contributed by atoms with Gasteiger partial charge in [-0.25, -0.2) is 4.98 Å². The molecule has 1 aliphatic rings. The number of nitrogens with one attached hydrogen (secondary N) is 1. The highest BCUT2D eigenvalue weighted by Gasteiger charge is 2.25. The number of aromatic nitrogens is 1. The van der Waals surface area contributed by atoms with Gasteiger partial charge in [0.15, 0.2) is 0 Å². The third kappa shape index (κ3) is 5.90. The van der Waals surface area contributed by atoms with Crippen molar-refractivity contribution in [3.05, 3.63) is 41.0 Å². The van der Waals surface area contributed by atoms with Gasteiger partial charge < -0.3 is 10.1 Å². The molecule has 152 valence electrons. The second-order valence-electron chi connectivity index (χ2n) is 7.75. The molecular formula is C22H30ClN3O2. The molecule has 6 heteroatoms. The number of rotatable bonds is 8. The second-order valence-corrected chi connectivity index (χ2v) is 8.10. The van der Waals surface area contributed by atoms with Crippen molar-refractivity contribution in [3.63, 3.8) is 0 Å². The standard InChI is InChI=1S/C22H30ClN3O2/c1-16(2)28-13-5-10-24-22(27)17-8-11-26(12-9-17)15-19-14-18-6-3-4-7-20(18)25-21(19)23/h3-4,6-7,14,16-17H,5,8-13,15H2,1-2H3,(H,24,27). The van der Waals surface area contributed by atoms with Crippen LogP contribution in [0.3, 0.4) is 0 Å². The molecule has 0 atom stereocenters. The number of hydrogen-bond acceptors (Lipinski definition) is 4. The van der Waals surface area contributed by atoms with Crippen molar-refractivity contribution >= 4 is 28.4 Å². The zero-order valence-corrected chi connectivity index (χ0v) is 17.5. The minimum Gasteiger partial charge on any atom is -0.379 e. The van der Waals surface area contributed by atoms with Crippen molar-refractivity contribution in [2.75, 3.05) is 26.2 Å². The zero-order chi connectivity index (χ0) is 19.9. The summed E-state index contributed by atoms with van der Waals surface area (Å²) >= 11 is 6.39. The number of para-hydroxylation sites is 1. The first-order valence-corrected chi connectivity index (χ1v) is 10.6. The number of pyridine rings is 1. The van der Waals surface area contributed by atoms with Gasteiger partial charge in [0.25, 0.3) is 0 Å². The van der Waals surface area contributed by atoms with E-state index in [1.54, 1.807) is 0 Å². The third-order valence-corrected chi connectivity index (χ3v) is 5.50. The molecule has 1 aromatic carbocycles. The average molecular weight is 404 g/mol. The largest absolute Gasteiger partial charge is 0.379 e. The number of hydrogen-bond donors (Lipinski definition) is 1. The molecule has 2 heterocycles. The van der Waals surface area contributed by atoms with Crippen LogP contribution in [0.15, 0.2) is 30.3 Å². The van der Waals surface area contributed by atoms with Crippen LogP contribution in [0, 0.1) is 5.92 Å². The Kier molecular flexibility index (Phi) is 7.65. The Morgan fingerprint density at radius 3 is 2.82 bits per heavy atom. The minimum absolute atomic E-state index is 0.104. The SMILES string of the molecule is CC(C)OCCCNC(=O)C1CCN(Cc2cc3ccccc3nc2Cl)CC1. The van der Waals surface area contributed by atoms with Gasteiger partial charge in [-0.15, -0.1) is 0 Å². The third-order valence-electron chi connectivity index (χ3n) is 5.17. The molecule has 0 bridgehead atoms. The summed E-state index contributed by atoms with van der Waals surface area (Å²) in [5.41, 5.74) is 1.97. The van der Waals surface area contributed by atoms with Crippen LogP contribution < -0.4 is 5.32 Å². The topological polar surface area (TPSA) is 54.5 Å². The Morgan fingerprint density at radius 1 is 1.32 bits per heavy atom. The Balaban J connectivity index is 1.44. The summed E-state index contributed by atoms with van der Waals surface area (Å²) < 4.78 is 5.50. The van der Waals surface area contributed by atoms with Gasteiger partial charge in [0, 0.05) is 36.6 Å². The zero-order valence-electron chi connectivity index (χ0n) is 16.8. The van der Waals surface area contributed by atoms with E-state index in [1.165, 1.54) is 0 Å². The van der Waals surface area contributed by atoms with Crippen LogP contribution in [0.4, 0.5) is 0 Å². The van der Waals surface area contributed by atoms with Gasteiger partial charge in [0.2, 0.25) is 5.91 Å². The molecule has 1 aromatic heterocycles. The molecule has 1 saturated heterocycles. The molecule has 0 radical (unpaired) electrons. The molecule has 1 fully saturated rings. The first-order chi connectivity index (χ1) is 13.5. The molecule has 1 aliphatic heterocycles. The molecule has 3 rings (SSSR count). The van der Waals surface area contributed by atoms with E-state index < -0.39 is 0 Å². The Labute approximate surface area is 172 Å². The number of ether oxygens (including phenoxy) is 1. The van der Waals surface area contributed by atoms with Crippen molar-refractivity contribution in [2.45, 2.75) is 45.8 Å². The monoisotopic (exact) mass is 403 g/mol. The van der Waals surface area contributed by atoms with Crippen LogP contribution in [0.2, 0.25) is 5.15 Å². The molecule has 0 saturated carbocycles. The Hall–Kier alpha value is -1.69. The van der Waals surface area contributed by atoms with Gasteiger partial charge in [-0.3, -0.25) is 9.69 Å². The first-order valence-electron chi connectivity index (χ1n) is 10.2. The van der Waals surface area contributed by atoms with Gasteiger partial charge in [0.05, 0.1) is 11.6 Å². The number of benzene rings is 1. The van der Waals surface area contributed by atoms with E-state index in [0.717, 1.165) is 55.4 Å². The number of carbonyl (C=O) groups excluding carboxylic acids is 1. The van der Waals surface area contributed by atoms with Gasteiger partial charge in [-0.2, -0.15) is 0 Å². The summed E-state index contributed by atoms with van der Waals surface area (Å²) in [4.78, 5) is 19.2. The van der Waals surface area contributed by atoms with E-state index in [0.29, 0.717) is 18.3 Å². The molecule has 0 aliphatic carbocycles. The molecule has 1 N–H and O–H groups in total. The van der Waals surface area contributed by atoms with Crippen LogP contribution in [-0.4, -0.2) is 48.1 Å². The molecule has 0 unspecified atom stereocenters. The van der Waals surface area contributed by atoms with Gasteiger partial charge in [-0.1, -0.05) is 29.8 Å². The lowest BCUT2D eigenvalue weighted by Gasteiger charge is -2.31. The number of halogens is 1. The number of amides is 1. The van der Waals surface area contributed by atoms with Crippen LogP contribution in [-0.2, 0) is 16.1 Å². The van der Waals surface area contributed by atoms with Crippen molar-refractivity contribution in [1.82, 2.24) is 15.2 Å². The highest BCUT2D eigenvalue weighted by molar-refractivity contribution is 6.30. The fraction of sp³-hybridized carbons (Fsp3) is 0.545. The van der Waals surface area contributed by atoms with Crippen molar-refractivity contribution in [3.8, 4) is 0 Å². The van der Waals surface area contributed by atoms with Gasteiger partial charge in [0.1, 0.15) is 5.15 Å². The average Bonchev–Trinajstić information content (AvgIpc) is 2.68. The van der Waals surface area contributed by atoms with E-state index in [9.17, 15) is 4.79 Å². The maximum absolute atomic E-state index is 12.4. The van der Waals surface area contributed by atoms with Gasteiger partial charge in [-0.05, 0) is 58.3 Å². The highest BCUT2D eigenvalue weighted by atomic mass is 35.5. The Morgan fingerprint density at radius 2 is 2.07 bits per heavy atom. The van der Waals surface area contributed by atoms with E-state index in [4.69, 9.17) is 16.3 Å². The molecule has 2 aromatic rings. The summed E-state index contributed by atoms with van der Waals surface area (Å²) in [6, 6.07) is 10.1. The number of fused-ring (bicyclic) bond motifs is 1. The second kappa shape index (κ2) is 10.2. The number of nitrogens with zero attached hydrogens (tertiary/aromatic N) is 2. The summed E-state index contributed by atoms with van der Waals surface area (Å²) in [5, 5.41) is 4.73. The van der Waals surface area contributed by atoms with E-state index in [2.05, 4.69) is 27.3 Å². The summed E-state index contributed by atoms with van der Waals surface area (Å²) in [6.07, 6.45) is 2.86. The Bertz CT molecular complexity index is 788. The first kappa shape index (κ1) is 21.0. The smallest absolute Gasteiger partial charge is 0.223 e. The van der Waals surface area contributed by atoms with Gasteiger partial charge >= 0.3 is 0 Å². The summed E-state index contributed by atoms with van der Waals surface area (Å²) in [5.74, 6) is 0.280.